The van der Waals surface area contributed by atoms with E-state index in [1.54, 1.807) is 6.20 Å². The molecule has 1 N–H and O–H groups in total. The summed E-state index contributed by atoms with van der Waals surface area (Å²) in [6, 6.07) is 2.21. The summed E-state index contributed by atoms with van der Waals surface area (Å²) in [6.07, 6.45) is 2.12. The summed E-state index contributed by atoms with van der Waals surface area (Å²) in [4.78, 5) is 0. The summed E-state index contributed by atoms with van der Waals surface area (Å²) in [7, 11) is 0. The van der Waals surface area contributed by atoms with Crippen molar-refractivity contribution in [3.8, 4) is 0 Å². The highest BCUT2D eigenvalue weighted by atomic mass is 16.3. The molecule has 0 fully saturated rings. The second kappa shape index (κ2) is 5.21. The lowest BCUT2D eigenvalue weighted by Gasteiger charge is -2.29. The summed E-state index contributed by atoms with van der Waals surface area (Å²) in [5, 5.41) is 14.6. The first-order chi connectivity index (χ1) is 7.73. The van der Waals surface area contributed by atoms with E-state index >= 15 is 0 Å². The third-order valence-electron chi connectivity index (χ3n) is 3.59. The Labute approximate surface area is 105 Å². The second-order valence-electron chi connectivity index (χ2n) is 6.31. The van der Waals surface area contributed by atoms with E-state index in [9.17, 15) is 5.11 Å². The Morgan fingerprint density at radius 3 is 2.35 bits per heavy atom. The molecule has 1 rings (SSSR count). The molecule has 98 valence electrons. The number of hydrogen-bond acceptors (Lipinski definition) is 2. The van der Waals surface area contributed by atoms with Gasteiger partial charge < -0.3 is 5.11 Å². The largest absolute Gasteiger partial charge is 0.387 e. The van der Waals surface area contributed by atoms with Gasteiger partial charge in [0.2, 0.25) is 0 Å². The fourth-order valence-electron chi connectivity index (χ4n) is 1.83. The fraction of sp³-hybridized carbons (Fsp3) is 0.786. The van der Waals surface area contributed by atoms with Crippen molar-refractivity contribution < 1.29 is 5.11 Å². The van der Waals surface area contributed by atoms with Crippen molar-refractivity contribution in [2.75, 3.05) is 0 Å². The van der Waals surface area contributed by atoms with Crippen LogP contribution in [0.5, 0.6) is 0 Å². The number of aliphatic hydroxyl groups is 1. The van der Waals surface area contributed by atoms with E-state index in [1.807, 2.05) is 10.7 Å². The highest BCUT2D eigenvalue weighted by Gasteiger charge is 2.25. The molecule has 3 heteroatoms. The lowest BCUT2D eigenvalue weighted by atomic mass is 9.78. The third-order valence-corrected chi connectivity index (χ3v) is 3.59. The Kier molecular flexibility index (Phi) is 4.36. The minimum absolute atomic E-state index is 0.226. The summed E-state index contributed by atoms with van der Waals surface area (Å²) in [5.74, 6) is 0.466. The van der Waals surface area contributed by atoms with Crippen LogP contribution in [0.4, 0.5) is 0 Å². The Morgan fingerprint density at radius 1 is 1.29 bits per heavy atom. The van der Waals surface area contributed by atoms with Crippen LogP contribution in [0.15, 0.2) is 12.3 Å². The highest BCUT2D eigenvalue weighted by molar-refractivity contribution is 5.05. The van der Waals surface area contributed by atoms with Crippen LogP contribution in [-0.4, -0.2) is 14.9 Å². The first kappa shape index (κ1) is 14.2. The minimum atomic E-state index is -0.422. The van der Waals surface area contributed by atoms with Gasteiger partial charge in [0, 0.05) is 12.2 Å². The quantitative estimate of drug-likeness (QED) is 0.870. The zero-order chi connectivity index (χ0) is 13.2. The van der Waals surface area contributed by atoms with Gasteiger partial charge in [0.05, 0.1) is 11.8 Å². The van der Waals surface area contributed by atoms with Crippen LogP contribution in [0.2, 0.25) is 0 Å². The summed E-state index contributed by atoms with van der Waals surface area (Å²) in [5.41, 5.74) is 1.15. The molecule has 0 aliphatic heterocycles. The van der Waals surface area contributed by atoms with Gasteiger partial charge in [-0.2, -0.15) is 5.10 Å². The molecule has 1 aromatic rings. The van der Waals surface area contributed by atoms with Crippen molar-refractivity contribution in [3.63, 3.8) is 0 Å². The molecule has 0 spiro atoms. The number of aliphatic hydroxyl groups excluding tert-OH is 1. The van der Waals surface area contributed by atoms with Gasteiger partial charge in [0.15, 0.2) is 0 Å². The van der Waals surface area contributed by atoms with E-state index in [4.69, 9.17) is 0 Å². The molecule has 2 unspecified atom stereocenters. The van der Waals surface area contributed by atoms with Gasteiger partial charge in [-0.1, -0.05) is 27.7 Å². The minimum Gasteiger partial charge on any atom is -0.387 e. The molecular weight excluding hydrogens is 212 g/mol. The van der Waals surface area contributed by atoms with E-state index < -0.39 is 6.10 Å². The molecule has 0 aliphatic rings. The topological polar surface area (TPSA) is 38.0 Å². The van der Waals surface area contributed by atoms with Crippen molar-refractivity contribution in [1.82, 2.24) is 9.78 Å². The van der Waals surface area contributed by atoms with Crippen LogP contribution in [0.25, 0.3) is 0 Å². The van der Waals surface area contributed by atoms with E-state index in [-0.39, 0.29) is 5.41 Å². The van der Waals surface area contributed by atoms with Crippen LogP contribution in [0.1, 0.15) is 65.8 Å². The van der Waals surface area contributed by atoms with Gasteiger partial charge >= 0.3 is 0 Å². The van der Waals surface area contributed by atoms with Gasteiger partial charge in [0.1, 0.15) is 0 Å². The molecule has 0 saturated carbocycles. The fourth-order valence-corrected chi connectivity index (χ4v) is 1.83. The van der Waals surface area contributed by atoms with Gasteiger partial charge in [-0.3, -0.25) is 4.68 Å². The van der Waals surface area contributed by atoms with Crippen LogP contribution >= 0.6 is 0 Å². The predicted molar refractivity (Wildman–Crippen MR) is 70.8 cm³/mol. The Balaban J connectivity index is 2.76. The Hall–Kier alpha value is -0.830. The monoisotopic (exact) mass is 238 g/mol. The summed E-state index contributed by atoms with van der Waals surface area (Å²) >= 11 is 0. The zero-order valence-electron chi connectivity index (χ0n) is 11.9. The molecule has 0 aliphatic carbocycles. The Bertz CT molecular complexity index is 349. The number of aromatic nitrogens is 2. The number of nitrogens with zero attached hydrogens (tertiary/aromatic N) is 2. The molecule has 0 radical (unpaired) electrons. The van der Waals surface area contributed by atoms with Crippen molar-refractivity contribution in [2.24, 2.45) is 11.3 Å². The van der Waals surface area contributed by atoms with Gasteiger partial charge in [-0.15, -0.1) is 0 Å². The highest BCUT2D eigenvalue weighted by Crippen LogP contribution is 2.33. The maximum Gasteiger partial charge on any atom is 0.0959 e. The summed E-state index contributed by atoms with van der Waals surface area (Å²) in [6.45, 7) is 13.0. The molecule has 2 atom stereocenters. The molecule has 17 heavy (non-hydrogen) atoms. The molecule has 0 aromatic carbocycles. The average molecular weight is 238 g/mol. The number of rotatable bonds is 4. The standard InChI is InChI=1S/C14H26N2O/c1-10(2)16-12(7-8-15-16)13(17)9-11(3)14(4,5)6/h7-8,10-11,13,17H,9H2,1-6H3. The maximum atomic E-state index is 10.3. The van der Waals surface area contributed by atoms with Crippen molar-refractivity contribution >= 4 is 0 Å². The predicted octanol–water partition coefficient (Wildman–Crippen LogP) is 3.57. The van der Waals surface area contributed by atoms with Gasteiger partial charge in [0.25, 0.3) is 0 Å². The molecule has 1 aromatic heterocycles. The zero-order valence-corrected chi connectivity index (χ0v) is 11.9. The lowest BCUT2D eigenvalue weighted by Crippen LogP contribution is -2.21. The first-order valence-electron chi connectivity index (χ1n) is 6.45. The van der Waals surface area contributed by atoms with Gasteiger partial charge in [-0.25, -0.2) is 0 Å². The van der Waals surface area contributed by atoms with Crippen LogP contribution in [0.3, 0.4) is 0 Å². The van der Waals surface area contributed by atoms with E-state index in [2.05, 4.69) is 46.6 Å². The van der Waals surface area contributed by atoms with E-state index in [0.29, 0.717) is 12.0 Å². The maximum absolute atomic E-state index is 10.3. The second-order valence-corrected chi connectivity index (χ2v) is 6.31. The van der Waals surface area contributed by atoms with Gasteiger partial charge in [-0.05, 0) is 37.7 Å². The SMILES string of the molecule is CC(C)n1nccc1C(O)CC(C)C(C)(C)C. The smallest absolute Gasteiger partial charge is 0.0959 e. The van der Waals surface area contributed by atoms with E-state index in [0.717, 1.165) is 12.1 Å². The van der Waals surface area contributed by atoms with Crippen LogP contribution in [-0.2, 0) is 0 Å². The Morgan fingerprint density at radius 2 is 1.88 bits per heavy atom. The molecule has 0 saturated heterocycles. The van der Waals surface area contributed by atoms with Crippen molar-refractivity contribution in [3.05, 3.63) is 18.0 Å². The summed E-state index contributed by atoms with van der Waals surface area (Å²) < 4.78 is 1.90. The third kappa shape index (κ3) is 3.56. The number of hydrogen-bond donors (Lipinski definition) is 1. The lowest BCUT2D eigenvalue weighted by molar-refractivity contribution is 0.102. The van der Waals surface area contributed by atoms with Crippen molar-refractivity contribution in [1.29, 1.82) is 0 Å². The molecule has 0 bridgehead atoms. The molecule has 0 amide bonds. The molecule has 1 heterocycles. The van der Waals surface area contributed by atoms with Crippen molar-refractivity contribution in [2.45, 2.75) is 60.1 Å². The van der Waals surface area contributed by atoms with Crippen LogP contribution < -0.4 is 0 Å². The average Bonchev–Trinajstić information content (AvgIpc) is 2.63. The van der Waals surface area contributed by atoms with E-state index in [1.165, 1.54) is 0 Å². The first-order valence-corrected chi connectivity index (χ1v) is 6.45. The molecule has 3 nitrogen and oxygen atoms in total. The normalized spacial score (nSPS) is 16.2. The van der Waals surface area contributed by atoms with Crippen LogP contribution in [0, 0.1) is 11.3 Å². The molecular formula is C14H26N2O.